The van der Waals surface area contributed by atoms with Crippen LogP contribution in [0.2, 0.25) is 0 Å². The molecule has 0 aliphatic carbocycles. The molecule has 0 bridgehead atoms. The number of anilines is 1. The summed E-state index contributed by atoms with van der Waals surface area (Å²) < 4.78 is 9.78. The Morgan fingerprint density at radius 3 is 2.94 bits per heavy atom. The van der Waals surface area contributed by atoms with E-state index in [1.165, 1.54) is 0 Å². The number of rotatable bonds is 8. The summed E-state index contributed by atoms with van der Waals surface area (Å²) in [6, 6.07) is 7.25. The lowest BCUT2D eigenvalue weighted by molar-refractivity contribution is 0.0697. The molecule has 0 amide bonds. The van der Waals surface area contributed by atoms with Crippen LogP contribution >= 0.6 is 0 Å². The highest BCUT2D eigenvalue weighted by Crippen LogP contribution is 2.26. The first kappa shape index (κ1) is 22.8. The van der Waals surface area contributed by atoms with Crippen LogP contribution in [-0.2, 0) is 6.54 Å². The summed E-state index contributed by atoms with van der Waals surface area (Å²) >= 11 is 0. The van der Waals surface area contributed by atoms with Crippen molar-refractivity contribution in [3.8, 4) is 11.7 Å². The van der Waals surface area contributed by atoms with Crippen molar-refractivity contribution >= 4 is 23.0 Å². The first-order valence-corrected chi connectivity index (χ1v) is 11.7. The molecule has 0 saturated carbocycles. The Balaban J connectivity index is 1.48. The number of hydrogen-bond donors (Lipinski definition) is 3. The van der Waals surface area contributed by atoms with Crippen LogP contribution < -0.4 is 15.4 Å². The molecular formula is C24H28N8O3. The summed E-state index contributed by atoms with van der Waals surface area (Å²) in [6.45, 7) is 6.27. The van der Waals surface area contributed by atoms with E-state index in [0.29, 0.717) is 35.2 Å². The van der Waals surface area contributed by atoms with Crippen LogP contribution in [0.25, 0.3) is 16.9 Å². The number of aromatic nitrogens is 6. The molecule has 35 heavy (non-hydrogen) atoms. The molecule has 1 aliphatic heterocycles. The molecule has 5 rings (SSSR count). The third-order valence-corrected chi connectivity index (χ3v) is 6.01. The monoisotopic (exact) mass is 476 g/mol. The normalized spacial score (nSPS) is 16.0. The molecule has 0 unspecified atom stereocenters. The Morgan fingerprint density at radius 2 is 2.23 bits per heavy atom. The fourth-order valence-corrected chi connectivity index (χ4v) is 4.17. The molecule has 1 atom stereocenters. The van der Waals surface area contributed by atoms with Crippen LogP contribution in [-0.4, -0.2) is 59.6 Å². The lowest BCUT2D eigenvalue weighted by Crippen LogP contribution is -2.37. The van der Waals surface area contributed by atoms with Gasteiger partial charge in [-0.25, -0.2) is 14.5 Å². The van der Waals surface area contributed by atoms with Crippen molar-refractivity contribution in [1.82, 2.24) is 34.6 Å². The second-order valence-corrected chi connectivity index (χ2v) is 8.81. The van der Waals surface area contributed by atoms with Gasteiger partial charge in [-0.2, -0.15) is 15.1 Å². The van der Waals surface area contributed by atoms with Gasteiger partial charge >= 0.3 is 12.0 Å². The number of carbonyl (C=O) groups is 1. The molecule has 0 radical (unpaired) electrons. The van der Waals surface area contributed by atoms with Crippen LogP contribution in [0.5, 0.6) is 6.01 Å². The predicted octanol–water partition coefficient (Wildman–Crippen LogP) is 3.03. The van der Waals surface area contributed by atoms with Gasteiger partial charge in [0.05, 0.1) is 17.6 Å². The third kappa shape index (κ3) is 4.80. The number of nitrogens with zero attached hydrogens (tertiary/aromatic N) is 6. The molecule has 1 aromatic carbocycles. The number of hydrogen-bond acceptors (Lipinski definition) is 8. The highest BCUT2D eigenvalue weighted by molar-refractivity contribution is 5.88. The molecule has 4 heterocycles. The Labute approximate surface area is 202 Å². The standard InChI is InChI=1S/C24H28N8O3/c1-15(2)31-14-27-20-21(29-24(30-22(20)31)35-18-5-3-8-25-13-18)26-12-17-7-6-16(23(33)34)11-19(17)32-10-4-9-28-32/h4,6-7,9-11,14-15,18,25H,3,5,8,12-13H2,1-2H3,(H,33,34)(H,26,29,30)/t18-/m1/s1. The number of piperidine rings is 1. The van der Waals surface area contributed by atoms with E-state index in [2.05, 4.69) is 44.5 Å². The van der Waals surface area contributed by atoms with E-state index in [1.54, 1.807) is 47.7 Å². The number of nitrogens with one attached hydrogen (secondary N) is 2. The second kappa shape index (κ2) is 9.71. The zero-order chi connectivity index (χ0) is 24.4. The summed E-state index contributed by atoms with van der Waals surface area (Å²) in [6.07, 6.45) is 7.20. The van der Waals surface area contributed by atoms with Gasteiger partial charge in [0.25, 0.3) is 0 Å². The van der Waals surface area contributed by atoms with E-state index in [1.807, 2.05) is 4.57 Å². The number of fused-ring (bicyclic) bond motifs is 1. The molecule has 11 heteroatoms. The maximum absolute atomic E-state index is 11.5. The van der Waals surface area contributed by atoms with Gasteiger partial charge in [0.2, 0.25) is 0 Å². The highest BCUT2D eigenvalue weighted by Gasteiger charge is 2.20. The van der Waals surface area contributed by atoms with E-state index in [-0.39, 0.29) is 17.7 Å². The summed E-state index contributed by atoms with van der Waals surface area (Å²) in [7, 11) is 0. The molecule has 1 fully saturated rings. The Morgan fingerprint density at radius 1 is 1.34 bits per heavy atom. The van der Waals surface area contributed by atoms with Gasteiger partial charge in [-0.15, -0.1) is 0 Å². The van der Waals surface area contributed by atoms with E-state index in [9.17, 15) is 9.90 Å². The molecule has 11 nitrogen and oxygen atoms in total. The number of imidazole rings is 1. The van der Waals surface area contributed by atoms with E-state index in [4.69, 9.17) is 4.74 Å². The first-order valence-electron chi connectivity index (χ1n) is 11.7. The van der Waals surface area contributed by atoms with Crippen LogP contribution in [0, 0.1) is 0 Å². The molecule has 1 saturated heterocycles. The number of ether oxygens (including phenoxy) is 1. The number of carboxylic acids is 1. The molecular weight excluding hydrogens is 448 g/mol. The lowest BCUT2D eigenvalue weighted by Gasteiger charge is -2.23. The maximum Gasteiger partial charge on any atom is 0.335 e. The predicted molar refractivity (Wildman–Crippen MR) is 130 cm³/mol. The molecule has 3 N–H and O–H groups in total. The van der Waals surface area contributed by atoms with Crippen molar-refractivity contribution in [2.45, 2.75) is 45.4 Å². The van der Waals surface area contributed by atoms with Crippen molar-refractivity contribution in [2.24, 2.45) is 0 Å². The quantitative estimate of drug-likeness (QED) is 0.351. The lowest BCUT2D eigenvalue weighted by atomic mass is 10.1. The van der Waals surface area contributed by atoms with Crippen LogP contribution in [0.1, 0.15) is 48.7 Å². The zero-order valence-electron chi connectivity index (χ0n) is 19.7. The molecule has 0 spiro atoms. The van der Waals surface area contributed by atoms with Crippen LogP contribution in [0.3, 0.4) is 0 Å². The van der Waals surface area contributed by atoms with Crippen LogP contribution in [0.4, 0.5) is 5.82 Å². The van der Waals surface area contributed by atoms with Crippen molar-refractivity contribution in [3.63, 3.8) is 0 Å². The topological polar surface area (TPSA) is 132 Å². The van der Waals surface area contributed by atoms with E-state index >= 15 is 0 Å². The van der Waals surface area contributed by atoms with Crippen LogP contribution in [0.15, 0.2) is 43.0 Å². The highest BCUT2D eigenvalue weighted by atomic mass is 16.5. The van der Waals surface area contributed by atoms with Crippen molar-refractivity contribution in [1.29, 1.82) is 0 Å². The van der Waals surface area contributed by atoms with E-state index < -0.39 is 5.97 Å². The maximum atomic E-state index is 11.5. The smallest absolute Gasteiger partial charge is 0.335 e. The van der Waals surface area contributed by atoms with Gasteiger partial charge in [0.15, 0.2) is 17.0 Å². The summed E-state index contributed by atoms with van der Waals surface area (Å²) in [5, 5.41) is 20.4. The molecule has 1 aliphatic rings. The van der Waals surface area contributed by atoms with Gasteiger partial charge < -0.3 is 25.0 Å². The van der Waals surface area contributed by atoms with Crippen molar-refractivity contribution in [3.05, 3.63) is 54.1 Å². The van der Waals surface area contributed by atoms with Crippen molar-refractivity contribution in [2.75, 3.05) is 18.4 Å². The van der Waals surface area contributed by atoms with Gasteiger partial charge in [0, 0.05) is 31.5 Å². The SMILES string of the molecule is CC(C)n1cnc2c(NCc3ccc(C(=O)O)cc3-n3cccn3)nc(O[C@@H]3CCCNC3)nc21. The zero-order valence-corrected chi connectivity index (χ0v) is 19.7. The molecule has 3 aromatic heterocycles. The number of benzene rings is 1. The molecule has 182 valence electrons. The largest absolute Gasteiger partial charge is 0.478 e. The second-order valence-electron chi connectivity index (χ2n) is 8.81. The molecule has 4 aromatic rings. The summed E-state index contributed by atoms with van der Waals surface area (Å²) in [4.78, 5) is 25.4. The Kier molecular flexibility index (Phi) is 6.32. The number of carboxylic acid groups (broad SMARTS) is 1. The average Bonchev–Trinajstić information content (AvgIpc) is 3.53. The van der Waals surface area contributed by atoms with Gasteiger partial charge in [0.1, 0.15) is 6.10 Å². The fourth-order valence-electron chi connectivity index (χ4n) is 4.17. The minimum Gasteiger partial charge on any atom is -0.478 e. The van der Waals surface area contributed by atoms with Crippen molar-refractivity contribution < 1.29 is 14.6 Å². The number of aromatic carboxylic acids is 1. The fraction of sp³-hybridized carbons (Fsp3) is 0.375. The Bertz CT molecular complexity index is 1330. The van der Waals surface area contributed by atoms with Gasteiger partial charge in [-0.3, -0.25) is 0 Å². The summed E-state index contributed by atoms with van der Waals surface area (Å²) in [5.74, 6) is -0.435. The minimum atomic E-state index is -0.992. The van der Waals surface area contributed by atoms with Gasteiger partial charge in [-0.05, 0) is 57.0 Å². The minimum absolute atomic E-state index is 0.0134. The van der Waals surface area contributed by atoms with Gasteiger partial charge in [-0.1, -0.05) is 6.07 Å². The summed E-state index contributed by atoms with van der Waals surface area (Å²) in [5.41, 5.74) is 3.06. The first-order chi connectivity index (χ1) is 17.0. The van der Waals surface area contributed by atoms with E-state index in [0.717, 1.165) is 31.5 Å². The Hall–Kier alpha value is -3.99. The third-order valence-electron chi connectivity index (χ3n) is 6.01. The average molecular weight is 477 g/mol.